The van der Waals surface area contributed by atoms with Crippen molar-refractivity contribution < 1.29 is 14.5 Å². The highest BCUT2D eigenvalue weighted by atomic mass is 32.1. The average molecular weight is 364 g/mol. The van der Waals surface area contributed by atoms with Crippen molar-refractivity contribution in [2.45, 2.75) is 10.9 Å². The fourth-order valence-electron chi connectivity index (χ4n) is 2.62. The van der Waals surface area contributed by atoms with Crippen molar-refractivity contribution in [2.24, 2.45) is 0 Å². The Bertz CT molecular complexity index is 735. The number of piperazine rings is 1. The Hall–Kier alpha value is -2.39. The number of nitro benzene ring substituents is 1. The van der Waals surface area contributed by atoms with Crippen LogP contribution in [0.2, 0.25) is 0 Å². The molecule has 25 heavy (non-hydrogen) atoms. The third-order valence-corrected chi connectivity index (χ3v) is 4.39. The quantitative estimate of drug-likeness (QED) is 0.356. The largest absolute Gasteiger partial charge is 0.347 e. The fraction of sp³-hybridized carbons (Fsp3) is 0.375. The molecule has 1 aliphatic heterocycles. The van der Waals surface area contributed by atoms with Gasteiger partial charge < -0.3 is 15.1 Å². The number of rotatable bonds is 4. The maximum atomic E-state index is 12.8. The van der Waals surface area contributed by atoms with Gasteiger partial charge >= 0.3 is 0 Å². The molecule has 1 atom stereocenters. The van der Waals surface area contributed by atoms with E-state index in [-0.39, 0.29) is 22.1 Å². The van der Waals surface area contributed by atoms with Gasteiger partial charge in [0.15, 0.2) is 0 Å². The van der Waals surface area contributed by atoms with E-state index in [1.54, 1.807) is 20.2 Å². The highest BCUT2D eigenvalue weighted by Gasteiger charge is 2.34. The number of thiol groups is 1. The molecule has 134 valence electrons. The van der Waals surface area contributed by atoms with Crippen molar-refractivity contribution >= 4 is 35.7 Å². The molecule has 2 amide bonds. The fourth-order valence-corrected chi connectivity index (χ4v) is 2.84. The molecule has 0 aliphatic carbocycles. The minimum atomic E-state index is -0.632. The minimum absolute atomic E-state index is 0.106. The SMILES string of the molecule is C=C(C(=O)N1CCNCC1C(=O)N(C)C)c1ccc(S)c([N+](=O)[O-])c1. The van der Waals surface area contributed by atoms with Gasteiger partial charge in [-0.15, -0.1) is 12.6 Å². The van der Waals surface area contributed by atoms with Gasteiger partial charge in [0.05, 0.1) is 9.82 Å². The number of carbonyl (C=O) groups is 2. The van der Waals surface area contributed by atoms with Gasteiger partial charge in [-0.2, -0.15) is 0 Å². The second-order valence-corrected chi connectivity index (χ2v) is 6.37. The highest BCUT2D eigenvalue weighted by molar-refractivity contribution is 7.80. The highest BCUT2D eigenvalue weighted by Crippen LogP contribution is 2.27. The first kappa shape index (κ1) is 18.9. The average Bonchev–Trinajstić information content (AvgIpc) is 2.59. The van der Waals surface area contributed by atoms with E-state index in [9.17, 15) is 19.7 Å². The maximum Gasteiger partial charge on any atom is 0.283 e. The van der Waals surface area contributed by atoms with E-state index in [2.05, 4.69) is 24.5 Å². The van der Waals surface area contributed by atoms with E-state index in [1.807, 2.05) is 0 Å². The second kappa shape index (κ2) is 7.66. The molecule has 0 spiro atoms. The van der Waals surface area contributed by atoms with Gasteiger partial charge in [0.2, 0.25) is 5.91 Å². The number of amides is 2. The first-order valence-electron chi connectivity index (χ1n) is 7.63. The minimum Gasteiger partial charge on any atom is -0.347 e. The second-order valence-electron chi connectivity index (χ2n) is 5.89. The van der Waals surface area contributed by atoms with Crippen LogP contribution in [0, 0.1) is 10.1 Å². The lowest BCUT2D eigenvalue weighted by Crippen LogP contribution is -2.59. The molecule has 1 aliphatic rings. The molecular weight excluding hydrogens is 344 g/mol. The topological polar surface area (TPSA) is 95.8 Å². The van der Waals surface area contributed by atoms with E-state index < -0.39 is 16.9 Å². The summed E-state index contributed by atoms with van der Waals surface area (Å²) in [4.78, 5) is 38.8. The van der Waals surface area contributed by atoms with Crippen LogP contribution in [0.25, 0.3) is 5.57 Å². The van der Waals surface area contributed by atoms with Crippen molar-refractivity contribution in [2.75, 3.05) is 33.7 Å². The Morgan fingerprint density at radius 1 is 1.44 bits per heavy atom. The summed E-state index contributed by atoms with van der Waals surface area (Å²) in [5, 5.41) is 14.2. The van der Waals surface area contributed by atoms with E-state index in [0.29, 0.717) is 25.2 Å². The molecule has 1 aromatic carbocycles. The van der Waals surface area contributed by atoms with Crippen molar-refractivity contribution in [1.29, 1.82) is 0 Å². The number of nitrogens with zero attached hydrogens (tertiary/aromatic N) is 3. The number of likely N-dealkylation sites (N-methyl/N-ethyl adjacent to an activating group) is 1. The van der Waals surface area contributed by atoms with Crippen LogP contribution in [-0.4, -0.2) is 66.3 Å². The number of hydrogen-bond donors (Lipinski definition) is 2. The Morgan fingerprint density at radius 3 is 2.72 bits per heavy atom. The molecule has 1 heterocycles. The molecule has 0 saturated carbocycles. The molecule has 0 bridgehead atoms. The predicted molar refractivity (Wildman–Crippen MR) is 96.4 cm³/mol. The Morgan fingerprint density at radius 2 is 2.12 bits per heavy atom. The summed E-state index contributed by atoms with van der Waals surface area (Å²) in [5.41, 5.74) is 0.245. The third-order valence-electron chi connectivity index (χ3n) is 4.01. The van der Waals surface area contributed by atoms with Crippen LogP contribution in [-0.2, 0) is 9.59 Å². The third kappa shape index (κ3) is 3.99. The number of hydrogen-bond acceptors (Lipinski definition) is 6. The summed E-state index contributed by atoms with van der Waals surface area (Å²) >= 11 is 4.04. The number of benzene rings is 1. The molecule has 1 aromatic rings. The van der Waals surface area contributed by atoms with Crippen LogP contribution in [0.1, 0.15) is 5.56 Å². The lowest BCUT2D eigenvalue weighted by Gasteiger charge is -2.36. The monoisotopic (exact) mass is 364 g/mol. The molecule has 1 fully saturated rings. The van der Waals surface area contributed by atoms with Gasteiger partial charge in [-0.1, -0.05) is 12.6 Å². The van der Waals surface area contributed by atoms with Crippen LogP contribution in [0.15, 0.2) is 29.7 Å². The number of carbonyl (C=O) groups excluding carboxylic acids is 2. The van der Waals surface area contributed by atoms with Gasteiger partial charge in [0, 0.05) is 45.4 Å². The van der Waals surface area contributed by atoms with Crippen LogP contribution in [0.4, 0.5) is 5.69 Å². The zero-order valence-electron chi connectivity index (χ0n) is 14.1. The molecular formula is C16H20N4O4S. The van der Waals surface area contributed by atoms with Crippen LogP contribution >= 0.6 is 12.6 Å². The van der Waals surface area contributed by atoms with Crippen molar-refractivity contribution in [3.8, 4) is 0 Å². The van der Waals surface area contributed by atoms with Gasteiger partial charge in [-0.05, 0) is 11.6 Å². The summed E-state index contributed by atoms with van der Waals surface area (Å²) in [6.07, 6.45) is 0. The normalized spacial score (nSPS) is 17.1. The molecule has 1 unspecified atom stereocenters. The zero-order chi connectivity index (χ0) is 18.7. The standard InChI is InChI=1S/C16H20N4O4S/c1-10(11-4-5-14(25)12(8-11)20(23)24)15(21)19-7-6-17-9-13(19)16(22)18(2)3/h4-5,8,13,17,25H,1,6-7,9H2,2-3H3. The van der Waals surface area contributed by atoms with Gasteiger partial charge in [0.1, 0.15) is 6.04 Å². The zero-order valence-corrected chi connectivity index (χ0v) is 15.0. The maximum absolute atomic E-state index is 12.8. The van der Waals surface area contributed by atoms with E-state index in [0.717, 1.165) is 0 Å². The smallest absolute Gasteiger partial charge is 0.283 e. The molecule has 0 aromatic heterocycles. The lowest BCUT2D eigenvalue weighted by molar-refractivity contribution is -0.387. The molecule has 1 saturated heterocycles. The molecule has 2 rings (SSSR count). The molecule has 0 radical (unpaired) electrons. The Labute approximate surface area is 151 Å². The molecule has 1 N–H and O–H groups in total. The van der Waals surface area contributed by atoms with Crippen LogP contribution in [0.3, 0.4) is 0 Å². The number of nitrogens with one attached hydrogen (secondary N) is 1. The van der Waals surface area contributed by atoms with Gasteiger partial charge in [-0.25, -0.2) is 0 Å². The van der Waals surface area contributed by atoms with Gasteiger partial charge in [-0.3, -0.25) is 19.7 Å². The predicted octanol–water partition coefficient (Wildman–Crippen LogP) is 0.785. The summed E-state index contributed by atoms with van der Waals surface area (Å²) in [5.74, 6) is -0.604. The summed E-state index contributed by atoms with van der Waals surface area (Å²) in [6.45, 7) is 5.06. The van der Waals surface area contributed by atoms with E-state index >= 15 is 0 Å². The van der Waals surface area contributed by atoms with Crippen molar-refractivity contribution in [1.82, 2.24) is 15.1 Å². The molecule has 8 nitrogen and oxygen atoms in total. The summed E-state index contributed by atoms with van der Waals surface area (Å²) < 4.78 is 0. The summed E-state index contributed by atoms with van der Waals surface area (Å²) in [6, 6.07) is 3.65. The van der Waals surface area contributed by atoms with Gasteiger partial charge in [0.25, 0.3) is 11.6 Å². The van der Waals surface area contributed by atoms with Crippen molar-refractivity contribution in [3.63, 3.8) is 0 Å². The first-order valence-corrected chi connectivity index (χ1v) is 8.08. The van der Waals surface area contributed by atoms with Crippen LogP contribution in [0.5, 0.6) is 0 Å². The Kier molecular flexibility index (Phi) is 5.81. The number of nitro groups is 1. The Balaban J connectivity index is 2.29. The van der Waals surface area contributed by atoms with Crippen LogP contribution < -0.4 is 5.32 Å². The molecule has 9 heteroatoms. The van der Waals surface area contributed by atoms with Crippen molar-refractivity contribution in [3.05, 3.63) is 40.5 Å². The first-order chi connectivity index (χ1) is 11.7. The van der Waals surface area contributed by atoms with E-state index in [4.69, 9.17) is 0 Å². The van der Waals surface area contributed by atoms with E-state index in [1.165, 1.54) is 21.9 Å². The lowest BCUT2D eigenvalue weighted by atomic mass is 10.0. The summed E-state index contributed by atoms with van der Waals surface area (Å²) in [7, 11) is 3.26.